The second-order valence-electron chi connectivity index (χ2n) is 5.19. The number of halogens is 1. The predicted octanol–water partition coefficient (Wildman–Crippen LogP) is 5.67. The standard InChI is InChI=1S/C18H18BrNS/c1-3-20-18(13-10-17(19)21-11-13)16-9-8-12(2)14-6-4-5-7-15(14)16/h4-11,18,20H,3H2,1-2H3. The average molecular weight is 360 g/mol. The number of hydrogen-bond donors (Lipinski definition) is 1. The van der Waals surface area contributed by atoms with E-state index in [0.717, 1.165) is 6.54 Å². The summed E-state index contributed by atoms with van der Waals surface area (Å²) in [6.07, 6.45) is 0. The molecule has 0 saturated heterocycles. The summed E-state index contributed by atoms with van der Waals surface area (Å²) >= 11 is 5.31. The van der Waals surface area contributed by atoms with Gasteiger partial charge in [-0.05, 0) is 68.3 Å². The number of hydrogen-bond acceptors (Lipinski definition) is 2. The first-order valence-electron chi connectivity index (χ1n) is 7.16. The highest BCUT2D eigenvalue weighted by molar-refractivity contribution is 9.11. The van der Waals surface area contributed by atoms with Crippen LogP contribution in [0.2, 0.25) is 0 Å². The van der Waals surface area contributed by atoms with E-state index in [1.54, 1.807) is 11.3 Å². The molecule has 0 aliphatic carbocycles. The van der Waals surface area contributed by atoms with Crippen molar-refractivity contribution in [2.75, 3.05) is 6.54 Å². The largest absolute Gasteiger partial charge is 0.306 e. The van der Waals surface area contributed by atoms with E-state index in [2.05, 4.69) is 82.9 Å². The van der Waals surface area contributed by atoms with Gasteiger partial charge in [-0.25, -0.2) is 0 Å². The molecular formula is C18H18BrNS. The lowest BCUT2D eigenvalue weighted by atomic mass is 9.93. The van der Waals surface area contributed by atoms with E-state index >= 15 is 0 Å². The smallest absolute Gasteiger partial charge is 0.0701 e. The molecule has 108 valence electrons. The SMILES string of the molecule is CCNC(c1csc(Br)c1)c1ccc(C)c2ccccc12. The van der Waals surface area contributed by atoms with Crippen molar-refractivity contribution in [2.45, 2.75) is 19.9 Å². The lowest BCUT2D eigenvalue weighted by Crippen LogP contribution is -2.21. The van der Waals surface area contributed by atoms with Gasteiger partial charge in [-0.2, -0.15) is 0 Å². The van der Waals surface area contributed by atoms with Gasteiger partial charge < -0.3 is 5.32 Å². The lowest BCUT2D eigenvalue weighted by Gasteiger charge is -2.20. The van der Waals surface area contributed by atoms with Crippen LogP contribution in [0, 0.1) is 6.92 Å². The summed E-state index contributed by atoms with van der Waals surface area (Å²) in [5.41, 5.74) is 4.00. The Morgan fingerprint density at radius 3 is 2.57 bits per heavy atom. The van der Waals surface area contributed by atoms with Crippen molar-refractivity contribution in [3.8, 4) is 0 Å². The molecule has 0 spiro atoms. The highest BCUT2D eigenvalue weighted by Crippen LogP contribution is 2.33. The molecule has 0 radical (unpaired) electrons. The number of fused-ring (bicyclic) bond motifs is 1. The third kappa shape index (κ3) is 2.91. The molecule has 3 aromatic rings. The Morgan fingerprint density at radius 1 is 1.14 bits per heavy atom. The third-order valence-electron chi connectivity index (χ3n) is 3.82. The molecule has 3 heteroatoms. The van der Waals surface area contributed by atoms with Gasteiger partial charge in [0.05, 0.1) is 9.83 Å². The second-order valence-corrected chi connectivity index (χ2v) is 7.48. The first-order valence-corrected chi connectivity index (χ1v) is 8.83. The van der Waals surface area contributed by atoms with Crippen LogP contribution in [0.3, 0.4) is 0 Å². The summed E-state index contributed by atoms with van der Waals surface area (Å²) in [5.74, 6) is 0. The van der Waals surface area contributed by atoms with E-state index in [1.807, 2.05) is 0 Å². The third-order valence-corrected chi connectivity index (χ3v) is 5.34. The van der Waals surface area contributed by atoms with Crippen LogP contribution < -0.4 is 5.32 Å². The molecule has 1 nitrogen and oxygen atoms in total. The summed E-state index contributed by atoms with van der Waals surface area (Å²) in [6, 6.07) is 15.6. The fourth-order valence-electron chi connectivity index (χ4n) is 2.81. The zero-order valence-corrected chi connectivity index (χ0v) is 14.6. The van der Waals surface area contributed by atoms with E-state index in [-0.39, 0.29) is 6.04 Å². The summed E-state index contributed by atoms with van der Waals surface area (Å²) in [7, 11) is 0. The molecule has 1 aromatic heterocycles. The fraction of sp³-hybridized carbons (Fsp3) is 0.222. The molecule has 0 aliphatic heterocycles. The maximum Gasteiger partial charge on any atom is 0.0701 e. The average Bonchev–Trinajstić information content (AvgIpc) is 2.92. The van der Waals surface area contributed by atoms with Gasteiger partial charge in [0.1, 0.15) is 0 Å². The maximum atomic E-state index is 3.63. The topological polar surface area (TPSA) is 12.0 Å². The van der Waals surface area contributed by atoms with Crippen molar-refractivity contribution in [3.05, 3.63) is 68.3 Å². The Labute approximate surface area is 138 Å². The Hall–Kier alpha value is -1.16. The second kappa shape index (κ2) is 6.30. The Kier molecular flexibility index (Phi) is 4.43. The van der Waals surface area contributed by atoms with Crippen LogP contribution in [0.25, 0.3) is 10.8 Å². The molecule has 0 saturated carbocycles. The van der Waals surface area contributed by atoms with Crippen molar-refractivity contribution < 1.29 is 0 Å². The van der Waals surface area contributed by atoms with Crippen LogP contribution in [0.4, 0.5) is 0 Å². The van der Waals surface area contributed by atoms with Gasteiger partial charge in [0.2, 0.25) is 0 Å². The van der Waals surface area contributed by atoms with Gasteiger partial charge in [-0.1, -0.05) is 43.3 Å². The first-order chi connectivity index (χ1) is 10.2. The van der Waals surface area contributed by atoms with E-state index < -0.39 is 0 Å². The van der Waals surface area contributed by atoms with Crippen LogP contribution in [-0.4, -0.2) is 6.54 Å². The Balaban J connectivity index is 2.18. The molecule has 2 aromatic carbocycles. The zero-order chi connectivity index (χ0) is 14.8. The first kappa shape index (κ1) is 14.8. The summed E-state index contributed by atoms with van der Waals surface area (Å²) in [5, 5.41) is 8.53. The Bertz CT molecular complexity index is 763. The van der Waals surface area contributed by atoms with Crippen molar-refractivity contribution >= 4 is 38.0 Å². The molecule has 0 bridgehead atoms. The molecule has 1 unspecified atom stereocenters. The van der Waals surface area contributed by atoms with Gasteiger partial charge >= 0.3 is 0 Å². The van der Waals surface area contributed by atoms with Crippen LogP contribution in [0.15, 0.2) is 51.6 Å². The number of nitrogens with one attached hydrogen (secondary N) is 1. The normalized spacial score (nSPS) is 12.7. The minimum atomic E-state index is 0.239. The molecule has 1 atom stereocenters. The number of thiophene rings is 1. The maximum absolute atomic E-state index is 3.63. The molecule has 1 heterocycles. The summed E-state index contributed by atoms with van der Waals surface area (Å²) in [4.78, 5) is 0. The van der Waals surface area contributed by atoms with Crippen LogP contribution >= 0.6 is 27.3 Å². The van der Waals surface area contributed by atoms with Crippen molar-refractivity contribution in [3.63, 3.8) is 0 Å². The highest BCUT2D eigenvalue weighted by atomic mass is 79.9. The van der Waals surface area contributed by atoms with E-state index in [9.17, 15) is 0 Å². The molecule has 0 aliphatic rings. The number of aryl methyl sites for hydroxylation is 1. The van der Waals surface area contributed by atoms with Gasteiger partial charge in [-0.15, -0.1) is 11.3 Å². The van der Waals surface area contributed by atoms with Crippen LogP contribution in [0.1, 0.15) is 29.7 Å². The molecular weight excluding hydrogens is 342 g/mol. The fourth-order valence-corrected chi connectivity index (χ4v) is 4.01. The monoisotopic (exact) mass is 359 g/mol. The van der Waals surface area contributed by atoms with Gasteiger partial charge in [0.15, 0.2) is 0 Å². The number of benzene rings is 2. The lowest BCUT2D eigenvalue weighted by molar-refractivity contribution is 0.636. The van der Waals surface area contributed by atoms with Crippen LogP contribution in [-0.2, 0) is 0 Å². The molecule has 21 heavy (non-hydrogen) atoms. The minimum Gasteiger partial charge on any atom is -0.306 e. The number of rotatable bonds is 4. The predicted molar refractivity (Wildman–Crippen MR) is 96.2 cm³/mol. The van der Waals surface area contributed by atoms with Crippen molar-refractivity contribution in [2.24, 2.45) is 0 Å². The minimum absolute atomic E-state index is 0.239. The van der Waals surface area contributed by atoms with Crippen LogP contribution in [0.5, 0.6) is 0 Å². The quantitative estimate of drug-likeness (QED) is 0.632. The molecule has 1 N–H and O–H groups in total. The van der Waals surface area contributed by atoms with Crippen molar-refractivity contribution in [1.82, 2.24) is 5.32 Å². The van der Waals surface area contributed by atoms with E-state index in [1.165, 1.54) is 31.2 Å². The zero-order valence-electron chi connectivity index (χ0n) is 12.2. The molecule has 0 amide bonds. The summed E-state index contributed by atoms with van der Waals surface area (Å²) in [6.45, 7) is 5.28. The van der Waals surface area contributed by atoms with Gasteiger partial charge in [0, 0.05) is 0 Å². The molecule has 0 fully saturated rings. The van der Waals surface area contributed by atoms with E-state index in [0.29, 0.717) is 0 Å². The van der Waals surface area contributed by atoms with Crippen molar-refractivity contribution in [1.29, 1.82) is 0 Å². The highest BCUT2D eigenvalue weighted by Gasteiger charge is 2.17. The van der Waals surface area contributed by atoms with E-state index in [4.69, 9.17) is 0 Å². The summed E-state index contributed by atoms with van der Waals surface area (Å²) < 4.78 is 1.18. The Morgan fingerprint density at radius 2 is 1.90 bits per heavy atom. The molecule has 3 rings (SSSR count). The van der Waals surface area contributed by atoms with Gasteiger partial charge in [0.25, 0.3) is 0 Å². The van der Waals surface area contributed by atoms with Gasteiger partial charge in [-0.3, -0.25) is 0 Å².